The second kappa shape index (κ2) is 12.1. The van der Waals surface area contributed by atoms with Gasteiger partial charge in [-0.2, -0.15) is 0 Å². The van der Waals surface area contributed by atoms with Crippen molar-refractivity contribution < 1.29 is 32.6 Å². The summed E-state index contributed by atoms with van der Waals surface area (Å²) in [5, 5.41) is 20.8. The molecule has 0 radical (unpaired) electrons. The normalized spacial score (nSPS) is 14.1. The molecule has 0 spiro atoms. The molecule has 0 amide bonds. The number of aromatic nitrogens is 2. The van der Waals surface area contributed by atoms with Gasteiger partial charge in [-0.15, -0.1) is 0 Å². The number of carbonyl (C=O) groups is 1. The minimum absolute atomic E-state index is 0.0454. The van der Waals surface area contributed by atoms with E-state index >= 15 is 0 Å². The fourth-order valence-electron chi connectivity index (χ4n) is 3.42. The maximum Gasteiger partial charge on any atom is 0.308 e. The maximum absolute atomic E-state index is 13.6. The quantitative estimate of drug-likeness (QED) is 0.439. The lowest BCUT2D eigenvalue weighted by atomic mass is 9.97. The monoisotopic (exact) mass is 537 g/mol. The van der Waals surface area contributed by atoms with Gasteiger partial charge in [0.2, 0.25) is 16.0 Å². The molecule has 0 bridgehead atoms. The minimum Gasteiger partial charge on any atom is -0.460 e. The zero-order valence-corrected chi connectivity index (χ0v) is 23.1. The molecule has 2 rings (SSSR count). The van der Waals surface area contributed by atoms with Gasteiger partial charge in [0.05, 0.1) is 36.3 Å². The van der Waals surface area contributed by atoms with E-state index < -0.39 is 39.6 Å². The molecule has 0 aliphatic rings. The van der Waals surface area contributed by atoms with Crippen molar-refractivity contribution in [3.63, 3.8) is 0 Å². The van der Waals surface area contributed by atoms with Gasteiger partial charge in [0.15, 0.2) is 0 Å². The molecule has 2 N–H and O–H groups in total. The smallest absolute Gasteiger partial charge is 0.308 e. The van der Waals surface area contributed by atoms with Crippen LogP contribution in [0.5, 0.6) is 0 Å². The number of esters is 1. The van der Waals surface area contributed by atoms with Gasteiger partial charge in [0.1, 0.15) is 11.4 Å². The first-order valence-electron chi connectivity index (χ1n) is 11.9. The van der Waals surface area contributed by atoms with E-state index in [1.165, 1.54) is 37.4 Å². The van der Waals surface area contributed by atoms with E-state index in [-0.39, 0.29) is 24.7 Å². The standard InChI is InChI=1S/C26H36FN3O6S/c1-16(2)23-21(13-12-19(31)14-20(32)15-22(33)36-26(3,4)5)24(17-8-10-18(27)11-9-17)29-25(28-23)30(6)37(7,34)35/h8-13,16,19-20,31-32H,14-15H2,1-7H3/b13-12+/t19-,20?/m1/s1. The minimum atomic E-state index is -3.65. The number of ether oxygens (including phenoxy) is 1. The highest BCUT2D eigenvalue weighted by Gasteiger charge is 2.23. The highest BCUT2D eigenvalue weighted by atomic mass is 32.2. The Labute approximate surface area is 218 Å². The fourth-order valence-corrected chi connectivity index (χ4v) is 3.80. The van der Waals surface area contributed by atoms with E-state index in [1.807, 2.05) is 13.8 Å². The van der Waals surface area contributed by atoms with Crippen molar-refractivity contribution in [2.24, 2.45) is 0 Å². The average Bonchev–Trinajstić information content (AvgIpc) is 2.75. The van der Waals surface area contributed by atoms with Crippen molar-refractivity contribution in [1.29, 1.82) is 0 Å². The molecular formula is C26H36FN3O6S. The van der Waals surface area contributed by atoms with Crippen molar-refractivity contribution >= 4 is 28.0 Å². The predicted molar refractivity (Wildman–Crippen MR) is 141 cm³/mol. The molecule has 0 aliphatic carbocycles. The van der Waals surface area contributed by atoms with Gasteiger partial charge in [-0.3, -0.25) is 4.79 Å². The Morgan fingerprint density at radius 1 is 1.16 bits per heavy atom. The Bertz CT molecular complexity index is 1220. The molecule has 9 nitrogen and oxygen atoms in total. The Balaban J connectivity index is 2.45. The third kappa shape index (κ3) is 9.17. The van der Waals surface area contributed by atoms with Gasteiger partial charge < -0.3 is 14.9 Å². The van der Waals surface area contributed by atoms with Crippen molar-refractivity contribution in [1.82, 2.24) is 9.97 Å². The van der Waals surface area contributed by atoms with Crippen LogP contribution in [-0.4, -0.2) is 65.7 Å². The molecule has 0 saturated heterocycles. The summed E-state index contributed by atoms with van der Waals surface area (Å²) < 4.78 is 44.1. The molecule has 1 aromatic heterocycles. The largest absolute Gasteiger partial charge is 0.460 e. The number of halogens is 1. The van der Waals surface area contributed by atoms with Crippen molar-refractivity contribution in [3.05, 3.63) is 47.4 Å². The van der Waals surface area contributed by atoms with E-state index in [9.17, 15) is 27.8 Å². The number of rotatable bonds is 10. The van der Waals surface area contributed by atoms with E-state index in [4.69, 9.17) is 4.74 Å². The molecule has 0 aliphatic heterocycles. The van der Waals surface area contributed by atoms with Crippen LogP contribution in [0.1, 0.15) is 64.6 Å². The van der Waals surface area contributed by atoms with E-state index in [0.29, 0.717) is 22.5 Å². The summed E-state index contributed by atoms with van der Waals surface area (Å²) in [6, 6.07) is 5.57. The Morgan fingerprint density at radius 2 is 1.76 bits per heavy atom. The molecule has 1 unspecified atom stereocenters. The van der Waals surface area contributed by atoms with Crippen molar-refractivity contribution in [3.8, 4) is 11.3 Å². The number of aliphatic hydroxyl groups excluding tert-OH is 2. The number of nitrogens with zero attached hydrogens (tertiary/aromatic N) is 3. The number of sulfonamides is 1. The first kappa shape index (κ1) is 30.3. The summed E-state index contributed by atoms with van der Waals surface area (Å²) in [6.45, 7) is 8.92. The second-order valence-electron chi connectivity index (χ2n) is 10.2. The molecule has 2 atom stereocenters. The van der Waals surface area contributed by atoms with Crippen molar-refractivity contribution in [2.75, 3.05) is 17.6 Å². The topological polar surface area (TPSA) is 130 Å². The molecule has 1 aromatic carbocycles. The number of carbonyl (C=O) groups excluding carboxylic acids is 1. The summed E-state index contributed by atoms with van der Waals surface area (Å²) >= 11 is 0. The van der Waals surface area contributed by atoms with Crippen LogP contribution in [0.15, 0.2) is 30.3 Å². The highest BCUT2D eigenvalue weighted by molar-refractivity contribution is 7.92. The number of anilines is 1. The number of hydrogen-bond donors (Lipinski definition) is 2. The van der Waals surface area contributed by atoms with Crippen LogP contribution in [-0.2, 0) is 19.6 Å². The Hall–Kier alpha value is -2.89. The maximum atomic E-state index is 13.6. The van der Waals surface area contributed by atoms with Crippen LogP contribution < -0.4 is 4.31 Å². The Kier molecular flexibility index (Phi) is 9.92. The lowest BCUT2D eigenvalue weighted by molar-refractivity contribution is -0.157. The molecule has 204 valence electrons. The lowest BCUT2D eigenvalue weighted by Crippen LogP contribution is -2.28. The van der Waals surface area contributed by atoms with Crippen LogP contribution in [0.25, 0.3) is 17.3 Å². The molecule has 37 heavy (non-hydrogen) atoms. The molecule has 11 heteroatoms. The zero-order valence-electron chi connectivity index (χ0n) is 22.3. The number of benzene rings is 1. The van der Waals surface area contributed by atoms with Crippen LogP contribution in [0.3, 0.4) is 0 Å². The molecular weight excluding hydrogens is 501 g/mol. The van der Waals surface area contributed by atoms with E-state index in [0.717, 1.165) is 10.6 Å². The van der Waals surface area contributed by atoms with Crippen LogP contribution in [0, 0.1) is 5.82 Å². The highest BCUT2D eigenvalue weighted by Crippen LogP contribution is 2.31. The van der Waals surface area contributed by atoms with Crippen LogP contribution in [0.2, 0.25) is 0 Å². The van der Waals surface area contributed by atoms with E-state index in [1.54, 1.807) is 26.8 Å². The first-order valence-corrected chi connectivity index (χ1v) is 13.7. The van der Waals surface area contributed by atoms with Gasteiger partial charge in [0, 0.05) is 24.6 Å². The summed E-state index contributed by atoms with van der Waals surface area (Å²) in [4.78, 5) is 20.9. The number of hydrogen-bond acceptors (Lipinski definition) is 8. The van der Waals surface area contributed by atoms with Crippen molar-refractivity contribution in [2.45, 2.75) is 71.2 Å². The third-order valence-electron chi connectivity index (χ3n) is 5.23. The summed E-state index contributed by atoms with van der Waals surface area (Å²) in [5.74, 6) is -1.22. The molecule has 0 fully saturated rings. The summed E-state index contributed by atoms with van der Waals surface area (Å²) in [5.41, 5.74) is 1.21. The lowest BCUT2D eigenvalue weighted by Gasteiger charge is -2.21. The molecule has 2 aromatic rings. The Morgan fingerprint density at radius 3 is 2.27 bits per heavy atom. The third-order valence-corrected chi connectivity index (χ3v) is 6.39. The zero-order chi connectivity index (χ0) is 28.1. The van der Waals surface area contributed by atoms with Crippen LogP contribution >= 0.6 is 0 Å². The van der Waals surface area contributed by atoms with Gasteiger partial charge >= 0.3 is 5.97 Å². The van der Waals surface area contributed by atoms with Gasteiger partial charge in [-0.25, -0.2) is 27.1 Å². The summed E-state index contributed by atoms with van der Waals surface area (Å²) in [7, 11) is -2.31. The fraction of sp³-hybridized carbons (Fsp3) is 0.500. The predicted octanol–water partition coefficient (Wildman–Crippen LogP) is 3.66. The summed E-state index contributed by atoms with van der Waals surface area (Å²) in [6.07, 6.45) is 1.44. The average molecular weight is 538 g/mol. The SMILES string of the molecule is CC(C)c1nc(N(C)S(C)(=O)=O)nc(-c2ccc(F)cc2)c1/C=C/[C@@H](O)CC(O)CC(=O)OC(C)(C)C. The molecule has 1 heterocycles. The van der Waals surface area contributed by atoms with Crippen LogP contribution in [0.4, 0.5) is 10.3 Å². The second-order valence-corrected chi connectivity index (χ2v) is 12.2. The van der Waals surface area contributed by atoms with Gasteiger partial charge in [-0.05, 0) is 51.0 Å². The van der Waals surface area contributed by atoms with E-state index in [2.05, 4.69) is 9.97 Å². The van der Waals surface area contributed by atoms with Gasteiger partial charge in [0.25, 0.3) is 0 Å². The molecule has 0 saturated carbocycles. The van der Waals surface area contributed by atoms with Gasteiger partial charge in [-0.1, -0.05) is 26.0 Å². The first-order chi connectivity index (χ1) is 17.0. The number of aliphatic hydroxyl groups is 2.